The van der Waals surface area contributed by atoms with Crippen molar-refractivity contribution >= 4 is 17.1 Å². The van der Waals surface area contributed by atoms with Crippen LogP contribution < -0.4 is 4.90 Å². The molecule has 10 aromatic carbocycles. The van der Waals surface area contributed by atoms with E-state index in [0.717, 1.165) is 34.8 Å². The minimum Gasteiger partial charge on any atom is -0.310 e. The molecule has 398 valence electrons. The predicted octanol–water partition coefficient (Wildman–Crippen LogP) is 20.6. The van der Waals surface area contributed by atoms with Crippen LogP contribution in [0, 0.1) is 17.8 Å². The Labute approximate surface area is 481 Å². The Balaban J connectivity index is 0.929. The van der Waals surface area contributed by atoms with Crippen molar-refractivity contribution in [2.75, 3.05) is 4.90 Å². The Bertz CT molecular complexity index is 3770. The summed E-state index contributed by atoms with van der Waals surface area (Å²) in [6.07, 6.45) is 8.57. The monoisotopic (exact) mass is 1050 g/mol. The van der Waals surface area contributed by atoms with E-state index in [1.807, 2.05) is 0 Å². The highest BCUT2D eigenvalue weighted by Crippen LogP contribution is 2.62. The molecule has 0 saturated heterocycles. The van der Waals surface area contributed by atoms with Gasteiger partial charge in [-0.2, -0.15) is 0 Å². The van der Waals surface area contributed by atoms with Gasteiger partial charge in [-0.25, -0.2) is 0 Å². The molecule has 0 radical (unpaired) electrons. The zero-order valence-electron chi connectivity index (χ0n) is 48.0. The molecule has 0 heterocycles. The van der Waals surface area contributed by atoms with Crippen LogP contribution in [0.5, 0.6) is 0 Å². The molecule has 1 nitrogen and oxygen atoms in total. The van der Waals surface area contributed by atoms with Gasteiger partial charge in [0.15, 0.2) is 0 Å². The normalized spacial score (nSPS) is 22.9. The van der Waals surface area contributed by atoms with Crippen LogP contribution in [0.1, 0.15) is 141 Å². The lowest BCUT2D eigenvalue weighted by Crippen LogP contribution is -2.48. The molecule has 4 saturated carbocycles. The van der Waals surface area contributed by atoms with Crippen LogP contribution in [0.4, 0.5) is 17.1 Å². The third-order valence-electron chi connectivity index (χ3n) is 20.3. The first-order chi connectivity index (χ1) is 39.3. The Morgan fingerprint density at radius 1 is 0.309 bits per heavy atom. The zero-order valence-corrected chi connectivity index (χ0v) is 48.0. The van der Waals surface area contributed by atoms with Crippen LogP contribution in [0.3, 0.4) is 0 Å². The topological polar surface area (TPSA) is 3.24 Å². The largest absolute Gasteiger partial charge is 0.310 e. The molecule has 0 aliphatic heterocycles. The van der Waals surface area contributed by atoms with Gasteiger partial charge in [-0.3, -0.25) is 0 Å². The van der Waals surface area contributed by atoms with Gasteiger partial charge in [0.1, 0.15) is 0 Å². The first kappa shape index (κ1) is 50.0. The zero-order chi connectivity index (χ0) is 54.9. The molecular formula is C80H73N. The number of anilines is 3. The standard InChI is InChI=1S/C80H73N/c1-76(2,3)58-31-35-63(36-32-58)79(61-17-9-7-10-18-61)72-23-15-13-21-68(72)70-43-41-66(48-74(70)79)81(65-39-27-57(28-40-65)56-25-29-60(30-26-56)78-50-53-45-54(51-78)47-55(46-53)52-78)67-42-44-71-69-22-14-16-24-73(69)80(75(71)49-67,62-19-11-8-12-20-62)64-37-33-59(34-38-64)77(4,5)6/h7-44,48-49,53-55H,45-47,50-52H2,1-6H3. The first-order valence-electron chi connectivity index (χ1n) is 30.1. The van der Waals surface area contributed by atoms with Gasteiger partial charge >= 0.3 is 0 Å². The lowest BCUT2D eigenvalue weighted by atomic mass is 9.48. The van der Waals surface area contributed by atoms with Crippen molar-refractivity contribution < 1.29 is 0 Å². The molecule has 0 N–H and O–H groups in total. The van der Waals surface area contributed by atoms with E-state index in [2.05, 4.69) is 289 Å². The summed E-state index contributed by atoms with van der Waals surface area (Å²) in [5.41, 5.74) is 24.8. The minimum absolute atomic E-state index is 0.0237. The number of nitrogens with zero attached hydrogens (tertiary/aromatic N) is 1. The van der Waals surface area contributed by atoms with Crippen LogP contribution in [0.15, 0.2) is 243 Å². The Morgan fingerprint density at radius 2 is 0.642 bits per heavy atom. The molecule has 6 aliphatic carbocycles. The molecule has 4 bridgehead atoms. The minimum atomic E-state index is -0.571. The number of hydrogen-bond acceptors (Lipinski definition) is 1. The second kappa shape index (κ2) is 18.5. The Hall–Kier alpha value is -8.00. The summed E-state index contributed by atoms with van der Waals surface area (Å²) < 4.78 is 0. The summed E-state index contributed by atoms with van der Waals surface area (Å²) in [5, 5.41) is 0. The smallest absolute Gasteiger partial charge is 0.0714 e. The molecule has 4 fully saturated rings. The molecule has 1 heteroatoms. The number of hydrogen-bond donors (Lipinski definition) is 0. The third-order valence-corrected chi connectivity index (χ3v) is 20.3. The number of benzene rings is 10. The lowest BCUT2D eigenvalue weighted by Gasteiger charge is -2.57. The van der Waals surface area contributed by atoms with Gasteiger partial charge in [-0.15, -0.1) is 0 Å². The SMILES string of the molecule is CC(C)(C)c1ccc(C2(c3ccccc3)c3ccccc3-c3ccc(N(c4ccc(-c5ccc(C67CC8CC(CC(C8)C6)C7)cc5)cc4)c4ccc5c(c4)C(c4ccccc4)(c4ccc(C(C)(C)C)cc4)c4ccccc4-5)cc32)cc1. The third kappa shape index (κ3) is 7.78. The molecule has 0 aromatic heterocycles. The van der Waals surface area contributed by atoms with Crippen molar-refractivity contribution in [1.29, 1.82) is 0 Å². The molecule has 0 spiro atoms. The van der Waals surface area contributed by atoms with E-state index < -0.39 is 10.8 Å². The van der Waals surface area contributed by atoms with Crippen molar-refractivity contribution in [3.05, 3.63) is 304 Å². The molecule has 0 amide bonds. The van der Waals surface area contributed by atoms with Gasteiger partial charge < -0.3 is 4.90 Å². The van der Waals surface area contributed by atoms with Crippen molar-refractivity contribution in [2.24, 2.45) is 17.8 Å². The van der Waals surface area contributed by atoms with E-state index in [9.17, 15) is 0 Å². The van der Waals surface area contributed by atoms with E-state index in [1.54, 1.807) is 5.56 Å². The second-order valence-electron chi connectivity index (χ2n) is 27.1. The highest BCUT2D eigenvalue weighted by molar-refractivity contribution is 5.92. The number of fused-ring (bicyclic) bond motifs is 6. The van der Waals surface area contributed by atoms with Crippen molar-refractivity contribution in [2.45, 2.75) is 107 Å². The maximum Gasteiger partial charge on any atom is 0.0714 e. The average Bonchev–Trinajstić information content (AvgIpc) is 2.67. The van der Waals surface area contributed by atoms with Gasteiger partial charge in [0, 0.05) is 17.1 Å². The van der Waals surface area contributed by atoms with E-state index in [1.165, 1.54) is 128 Å². The maximum atomic E-state index is 2.55. The molecule has 10 aromatic rings. The van der Waals surface area contributed by atoms with E-state index in [4.69, 9.17) is 0 Å². The van der Waals surface area contributed by atoms with Crippen LogP contribution in [-0.2, 0) is 27.1 Å². The molecule has 6 aliphatic rings. The van der Waals surface area contributed by atoms with Gasteiger partial charge in [0.05, 0.1) is 10.8 Å². The number of rotatable bonds is 9. The first-order valence-corrected chi connectivity index (χ1v) is 30.1. The van der Waals surface area contributed by atoms with Crippen LogP contribution in [0.25, 0.3) is 33.4 Å². The van der Waals surface area contributed by atoms with Gasteiger partial charge in [-0.05, 0) is 204 Å². The van der Waals surface area contributed by atoms with E-state index >= 15 is 0 Å². The molecule has 81 heavy (non-hydrogen) atoms. The van der Waals surface area contributed by atoms with Gasteiger partial charge in [0.25, 0.3) is 0 Å². The van der Waals surface area contributed by atoms with Crippen molar-refractivity contribution in [3.8, 4) is 33.4 Å². The summed E-state index contributed by atoms with van der Waals surface area (Å²) >= 11 is 0. The summed E-state index contributed by atoms with van der Waals surface area (Å²) in [7, 11) is 0. The highest BCUT2D eigenvalue weighted by atomic mass is 15.1. The lowest BCUT2D eigenvalue weighted by molar-refractivity contribution is -0.00518. The van der Waals surface area contributed by atoms with Gasteiger partial charge in [0.2, 0.25) is 0 Å². The van der Waals surface area contributed by atoms with E-state index in [-0.39, 0.29) is 10.8 Å². The second-order valence-corrected chi connectivity index (χ2v) is 27.1. The van der Waals surface area contributed by atoms with Crippen LogP contribution in [-0.4, -0.2) is 0 Å². The molecule has 2 unspecified atom stereocenters. The van der Waals surface area contributed by atoms with Crippen molar-refractivity contribution in [3.63, 3.8) is 0 Å². The summed E-state index contributed by atoms with van der Waals surface area (Å²) in [6.45, 7) is 13.9. The summed E-state index contributed by atoms with van der Waals surface area (Å²) in [6, 6.07) is 94.0. The molecule has 16 rings (SSSR count). The fourth-order valence-electron chi connectivity index (χ4n) is 16.9. The molecular weight excluding hydrogens is 975 g/mol. The Kier molecular flexibility index (Phi) is 11.4. The predicted molar refractivity (Wildman–Crippen MR) is 338 cm³/mol. The highest BCUT2D eigenvalue weighted by Gasteiger charge is 2.52. The van der Waals surface area contributed by atoms with Crippen molar-refractivity contribution in [1.82, 2.24) is 0 Å². The fraction of sp³-hybridized carbons (Fsp3) is 0.250. The summed E-state index contributed by atoms with van der Waals surface area (Å²) in [5.74, 6) is 2.79. The average molecular weight is 1050 g/mol. The van der Waals surface area contributed by atoms with E-state index in [0.29, 0.717) is 5.41 Å². The maximum absolute atomic E-state index is 2.55. The summed E-state index contributed by atoms with van der Waals surface area (Å²) in [4.78, 5) is 2.55. The fourth-order valence-corrected chi connectivity index (χ4v) is 16.9. The molecule has 2 atom stereocenters. The quantitative estimate of drug-likeness (QED) is 0.139. The van der Waals surface area contributed by atoms with Crippen LogP contribution in [0.2, 0.25) is 0 Å². The Morgan fingerprint density at radius 3 is 1.05 bits per heavy atom. The van der Waals surface area contributed by atoms with Gasteiger partial charge in [-0.1, -0.05) is 248 Å². The van der Waals surface area contributed by atoms with Crippen LogP contribution >= 0.6 is 0 Å².